The van der Waals surface area contributed by atoms with E-state index in [1.807, 2.05) is 0 Å². The van der Waals surface area contributed by atoms with Crippen LogP contribution in [-0.2, 0) is 4.79 Å². The standard InChI is InChI=1S/C3H7NO2Se.2ClH/c4-2(1-7)3(5)6;;/h2,7H,1,4H2,(H,5,6);2*1H. The van der Waals surface area contributed by atoms with E-state index < -0.39 is 12.0 Å². The summed E-state index contributed by atoms with van der Waals surface area (Å²) in [5, 5.41) is 8.48. The molecule has 0 bridgehead atoms. The van der Waals surface area contributed by atoms with Crippen LogP contribution in [0.5, 0.6) is 0 Å². The SMILES string of the molecule is Cl.Cl.NC(C[SeH])C(=O)O. The molecule has 9 heavy (non-hydrogen) atoms. The van der Waals surface area contributed by atoms with E-state index in [-0.39, 0.29) is 24.8 Å². The molecule has 0 aromatic carbocycles. The van der Waals surface area contributed by atoms with Crippen LogP contribution in [0.1, 0.15) is 0 Å². The van der Waals surface area contributed by atoms with Crippen LogP contribution in [-0.4, -0.2) is 33.1 Å². The van der Waals surface area contributed by atoms with Crippen LogP contribution in [0.4, 0.5) is 0 Å². The molecule has 0 rings (SSSR count). The zero-order valence-corrected chi connectivity index (χ0v) is 7.99. The summed E-state index contributed by atoms with van der Waals surface area (Å²) in [5.74, 6) is -0.944. The first kappa shape index (κ1) is 16.3. The Morgan fingerprint density at radius 3 is 2.00 bits per heavy atom. The van der Waals surface area contributed by atoms with Gasteiger partial charge in [0.15, 0.2) is 0 Å². The first-order valence-corrected chi connectivity index (χ1v) is 3.10. The molecule has 1 atom stereocenters. The molecule has 0 aliphatic carbocycles. The van der Waals surface area contributed by atoms with E-state index in [1.165, 1.54) is 0 Å². The molecule has 0 saturated carbocycles. The summed E-state index contributed by atoms with van der Waals surface area (Å²) >= 11 is 2.13. The average molecular weight is 241 g/mol. The molecule has 0 radical (unpaired) electrons. The normalized spacial score (nSPS) is 10.4. The van der Waals surface area contributed by atoms with Crippen LogP contribution in [0, 0.1) is 0 Å². The van der Waals surface area contributed by atoms with E-state index in [0.717, 1.165) is 0 Å². The molecule has 0 aliphatic rings. The van der Waals surface area contributed by atoms with Gasteiger partial charge in [0, 0.05) is 0 Å². The summed E-state index contributed by atoms with van der Waals surface area (Å²) in [6.45, 7) is 0. The molecule has 1 unspecified atom stereocenters. The number of hydrogen-bond donors (Lipinski definition) is 2. The zero-order valence-electron chi connectivity index (χ0n) is 4.48. The maximum atomic E-state index is 9.80. The second kappa shape index (κ2) is 8.53. The predicted molar refractivity (Wildman–Crippen MR) is 42.1 cm³/mol. The molecule has 6 heteroatoms. The van der Waals surface area contributed by atoms with Crippen molar-refractivity contribution in [2.75, 3.05) is 0 Å². The zero-order chi connectivity index (χ0) is 5.86. The van der Waals surface area contributed by atoms with Crippen molar-refractivity contribution in [1.82, 2.24) is 0 Å². The van der Waals surface area contributed by atoms with E-state index in [2.05, 4.69) is 16.0 Å². The first-order chi connectivity index (χ1) is 3.18. The third-order valence-electron chi connectivity index (χ3n) is 0.514. The van der Waals surface area contributed by atoms with Gasteiger partial charge in [0.25, 0.3) is 0 Å². The number of rotatable bonds is 2. The van der Waals surface area contributed by atoms with Gasteiger partial charge in [0.2, 0.25) is 0 Å². The fourth-order valence-electron chi connectivity index (χ4n) is 0.0781. The van der Waals surface area contributed by atoms with Gasteiger partial charge in [-0.15, -0.1) is 24.8 Å². The van der Waals surface area contributed by atoms with Gasteiger partial charge in [-0.3, -0.25) is 0 Å². The summed E-state index contributed by atoms with van der Waals surface area (Å²) in [6.07, 6.45) is 0. The van der Waals surface area contributed by atoms with Crippen molar-refractivity contribution in [2.24, 2.45) is 5.73 Å². The molecular formula is C3H9Cl2NO2Se. The molecule has 3 nitrogen and oxygen atoms in total. The van der Waals surface area contributed by atoms with Gasteiger partial charge in [-0.05, 0) is 0 Å². The minimum atomic E-state index is -0.944. The molecule has 0 fully saturated rings. The van der Waals surface area contributed by atoms with E-state index in [0.29, 0.717) is 5.32 Å². The topological polar surface area (TPSA) is 63.3 Å². The van der Waals surface area contributed by atoms with Crippen molar-refractivity contribution < 1.29 is 9.90 Å². The van der Waals surface area contributed by atoms with Crippen LogP contribution in [0.15, 0.2) is 0 Å². The molecule has 0 amide bonds. The van der Waals surface area contributed by atoms with Gasteiger partial charge >= 0.3 is 49.0 Å². The van der Waals surface area contributed by atoms with E-state index in [1.54, 1.807) is 0 Å². The number of hydrogen-bond acceptors (Lipinski definition) is 2. The Labute approximate surface area is 74.0 Å². The number of nitrogens with two attached hydrogens (primary N) is 1. The number of aliphatic carboxylic acids is 1. The molecule has 0 heterocycles. The monoisotopic (exact) mass is 241 g/mol. The van der Waals surface area contributed by atoms with Gasteiger partial charge in [0.1, 0.15) is 0 Å². The summed E-state index contributed by atoms with van der Waals surface area (Å²) in [4.78, 5) is 9.80. The average Bonchev–Trinajstić information content (AvgIpc) is 1.65. The second-order valence-corrected chi connectivity index (χ2v) is 1.89. The minimum absolute atomic E-state index is 0. The Bertz CT molecular complexity index is 82.2. The molecule has 0 aliphatic heterocycles. The second-order valence-electron chi connectivity index (χ2n) is 1.13. The van der Waals surface area contributed by atoms with Gasteiger partial charge < -0.3 is 0 Å². The van der Waals surface area contributed by atoms with Crippen LogP contribution >= 0.6 is 24.8 Å². The molecule has 0 saturated heterocycles. The summed E-state index contributed by atoms with van der Waals surface area (Å²) < 4.78 is 0. The molecule has 58 valence electrons. The Morgan fingerprint density at radius 1 is 1.67 bits per heavy atom. The predicted octanol–water partition coefficient (Wildman–Crippen LogP) is -0.439. The number of carbonyl (C=O) groups is 1. The van der Waals surface area contributed by atoms with Crippen molar-refractivity contribution in [2.45, 2.75) is 11.4 Å². The van der Waals surface area contributed by atoms with Gasteiger partial charge in [0.05, 0.1) is 0 Å². The summed E-state index contributed by atoms with van der Waals surface area (Å²) in [6, 6.07) is -0.708. The number of carboxylic acid groups (broad SMARTS) is 1. The number of carboxylic acids is 1. The Balaban J connectivity index is -0.000000180. The van der Waals surface area contributed by atoms with E-state index in [4.69, 9.17) is 10.8 Å². The van der Waals surface area contributed by atoms with Crippen LogP contribution < -0.4 is 5.73 Å². The van der Waals surface area contributed by atoms with E-state index in [9.17, 15) is 4.79 Å². The summed E-state index contributed by atoms with van der Waals surface area (Å²) in [7, 11) is 0. The molecule has 3 N–H and O–H groups in total. The van der Waals surface area contributed by atoms with E-state index >= 15 is 0 Å². The Kier molecular flexibility index (Phi) is 15.4. The summed E-state index contributed by atoms with van der Waals surface area (Å²) in [5.41, 5.74) is 5.00. The number of halogens is 2. The van der Waals surface area contributed by atoms with Crippen molar-refractivity contribution >= 4 is 46.8 Å². The van der Waals surface area contributed by atoms with Crippen LogP contribution in [0.25, 0.3) is 0 Å². The molecule has 0 aromatic rings. The maximum absolute atomic E-state index is 9.80. The fraction of sp³-hybridized carbons (Fsp3) is 0.667. The van der Waals surface area contributed by atoms with Crippen LogP contribution in [0.3, 0.4) is 0 Å². The molecule has 0 aromatic heterocycles. The van der Waals surface area contributed by atoms with Crippen LogP contribution in [0.2, 0.25) is 5.32 Å². The van der Waals surface area contributed by atoms with Gasteiger partial charge in [-0.2, -0.15) is 0 Å². The molecular weight excluding hydrogens is 232 g/mol. The van der Waals surface area contributed by atoms with Crippen molar-refractivity contribution in [1.29, 1.82) is 0 Å². The van der Waals surface area contributed by atoms with Crippen molar-refractivity contribution in [3.05, 3.63) is 0 Å². The Hall–Kier alpha value is 0.529. The van der Waals surface area contributed by atoms with Crippen molar-refractivity contribution in [3.8, 4) is 0 Å². The van der Waals surface area contributed by atoms with Crippen molar-refractivity contribution in [3.63, 3.8) is 0 Å². The molecule has 0 spiro atoms. The fourth-order valence-corrected chi connectivity index (χ4v) is 0.406. The first-order valence-electron chi connectivity index (χ1n) is 1.77. The van der Waals surface area contributed by atoms with Gasteiger partial charge in [-0.1, -0.05) is 0 Å². The third-order valence-corrected chi connectivity index (χ3v) is 1.34. The van der Waals surface area contributed by atoms with Gasteiger partial charge in [-0.25, -0.2) is 0 Å². The Morgan fingerprint density at radius 2 is 2.00 bits per heavy atom. The third kappa shape index (κ3) is 8.53. The quantitative estimate of drug-likeness (QED) is 0.644.